The third-order valence-electron chi connectivity index (χ3n) is 1.17. The van der Waals surface area contributed by atoms with Gasteiger partial charge in [-0.15, -0.1) is 8.93 Å². The van der Waals surface area contributed by atoms with Crippen LogP contribution < -0.4 is 0 Å². The van der Waals surface area contributed by atoms with Crippen LogP contribution in [0.15, 0.2) is 0 Å². The van der Waals surface area contributed by atoms with Gasteiger partial charge in [-0.05, 0) is 6.42 Å². The first-order valence-electron chi connectivity index (χ1n) is 2.47. The molecule has 0 aliphatic carbocycles. The average Bonchev–Trinajstić information content (AvgIpc) is 2.14. The highest BCUT2D eigenvalue weighted by Crippen LogP contribution is 2.32. The fraction of sp³-hybridized carbons (Fsp3) is 1.00. The molecule has 0 aromatic rings. The van der Waals surface area contributed by atoms with Crippen molar-refractivity contribution in [2.24, 2.45) is 0 Å². The van der Waals surface area contributed by atoms with Gasteiger partial charge in [-0.1, -0.05) is 8.27 Å². The van der Waals surface area contributed by atoms with Crippen LogP contribution in [0.1, 0.15) is 6.42 Å². The van der Waals surface area contributed by atoms with Gasteiger partial charge in [0, 0.05) is 12.3 Å². The standard InChI is InChI=1S/C4H10OP2/c6-7-4-1-2-5-3-4/h4,7H,1-3,6H2. The number of hydrogen-bond donors (Lipinski definition) is 0. The van der Waals surface area contributed by atoms with E-state index in [0.717, 1.165) is 27.1 Å². The predicted octanol–water partition coefficient (Wildman–Crippen LogP) is 1.24. The first kappa shape index (κ1) is 5.95. The molecule has 0 amide bonds. The summed E-state index contributed by atoms with van der Waals surface area (Å²) >= 11 is 0. The van der Waals surface area contributed by atoms with Crippen molar-refractivity contribution in [3.05, 3.63) is 0 Å². The molecule has 1 aliphatic rings. The molecule has 3 unspecified atom stereocenters. The summed E-state index contributed by atoms with van der Waals surface area (Å²) in [5, 5.41) is 0. The van der Waals surface area contributed by atoms with Crippen LogP contribution in [-0.4, -0.2) is 18.9 Å². The van der Waals surface area contributed by atoms with E-state index >= 15 is 0 Å². The van der Waals surface area contributed by atoms with Crippen molar-refractivity contribution >= 4 is 17.2 Å². The predicted molar refractivity (Wildman–Crippen MR) is 37.2 cm³/mol. The summed E-state index contributed by atoms with van der Waals surface area (Å²) in [4.78, 5) is 0. The summed E-state index contributed by atoms with van der Waals surface area (Å²) in [6.45, 7) is 1.99. The number of ether oxygens (including phenoxy) is 1. The monoisotopic (exact) mass is 136 g/mol. The highest BCUT2D eigenvalue weighted by atomic mass is 32.0. The molecule has 1 saturated heterocycles. The van der Waals surface area contributed by atoms with Crippen molar-refractivity contribution in [2.75, 3.05) is 13.2 Å². The van der Waals surface area contributed by atoms with Crippen molar-refractivity contribution in [1.82, 2.24) is 0 Å². The van der Waals surface area contributed by atoms with Crippen molar-refractivity contribution in [3.8, 4) is 0 Å². The van der Waals surface area contributed by atoms with Crippen molar-refractivity contribution in [3.63, 3.8) is 0 Å². The van der Waals surface area contributed by atoms with Gasteiger partial charge in [0.15, 0.2) is 0 Å². The Kier molecular flexibility index (Phi) is 2.52. The lowest BCUT2D eigenvalue weighted by Gasteiger charge is -1.97. The van der Waals surface area contributed by atoms with Gasteiger partial charge in [0.2, 0.25) is 0 Å². The minimum atomic E-state index is 0.866. The van der Waals surface area contributed by atoms with Crippen LogP contribution in [0.5, 0.6) is 0 Å². The Morgan fingerprint density at radius 1 is 1.71 bits per heavy atom. The fourth-order valence-corrected chi connectivity index (χ4v) is 1.95. The zero-order valence-corrected chi connectivity index (χ0v) is 6.34. The molecule has 0 aromatic carbocycles. The van der Waals surface area contributed by atoms with Gasteiger partial charge < -0.3 is 4.74 Å². The van der Waals surface area contributed by atoms with Gasteiger partial charge in [-0.3, -0.25) is 0 Å². The molecule has 1 nitrogen and oxygen atoms in total. The van der Waals surface area contributed by atoms with E-state index in [-0.39, 0.29) is 0 Å². The summed E-state index contributed by atoms with van der Waals surface area (Å²) < 4.78 is 5.14. The summed E-state index contributed by atoms with van der Waals surface area (Å²) in [5.41, 5.74) is 0.866. The van der Waals surface area contributed by atoms with E-state index in [9.17, 15) is 0 Å². The topological polar surface area (TPSA) is 9.23 Å². The first-order valence-corrected chi connectivity index (χ1v) is 5.36. The van der Waals surface area contributed by atoms with Crippen LogP contribution in [0.2, 0.25) is 0 Å². The van der Waals surface area contributed by atoms with E-state index in [1.165, 1.54) is 6.42 Å². The highest BCUT2D eigenvalue weighted by Gasteiger charge is 2.11. The third-order valence-corrected chi connectivity index (χ3v) is 3.51. The molecule has 7 heavy (non-hydrogen) atoms. The number of rotatable bonds is 1. The van der Waals surface area contributed by atoms with Crippen LogP contribution in [0.25, 0.3) is 0 Å². The fourth-order valence-electron chi connectivity index (χ4n) is 0.666. The van der Waals surface area contributed by atoms with E-state index in [4.69, 9.17) is 4.74 Å². The van der Waals surface area contributed by atoms with Crippen molar-refractivity contribution < 1.29 is 4.74 Å². The molecule has 3 atom stereocenters. The molecule has 1 fully saturated rings. The molecule has 0 aromatic heterocycles. The van der Waals surface area contributed by atoms with Crippen LogP contribution >= 0.6 is 17.2 Å². The Morgan fingerprint density at radius 2 is 2.57 bits per heavy atom. The lowest BCUT2D eigenvalue weighted by Crippen LogP contribution is -1.93. The van der Waals surface area contributed by atoms with E-state index in [1.54, 1.807) is 0 Å². The Labute approximate surface area is 48.1 Å². The molecule has 0 bridgehead atoms. The van der Waals surface area contributed by atoms with Gasteiger partial charge in [0.05, 0.1) is 6.61 Å². The molecule has 0 saturated carbocycles. The lowest BCUT2D eigenvalue weighted by molar-refractivity contribution is 0.199. The third kappa shape index (κ3) is 1.64. The average molecular weight is 136 g/mol. The zero-order valence-electron chi connectivity index (χ0n) is 4.18. The Hall–Kier alpha value is 0.820. The van der Waals surface area contributed by atoms with Gasteiger partial charge in [-0.2, -0.15) is 0 Å². The normalized spacial score (nSPS) is 33.0. The van der Waals surface area contributed by atoms with Gasteiger partial charge >= 0.3 is 0 Å². The molecular formula is C4H10OP2. The molecule has 1 rings (SSSR count). The maximum atomic E-state index is 5.14. The van der Waals surface area contributed by atoms with Crippen LogP contribution in [-0.2, 0) is 4.74 Å². The van der Waals surface area contributed by atoms with E-state index < -0.39 is 0 Å². The minimum Gasteiger partial charge on any atom is -0.381 e. The molecule has 0 spiro atoms. The quantitative estimate of drug-likeness (QED) is 0.493. The lowest BCUT2D eigenvalue weighted by atomic mass is 10.4. The molecule has 1 aliphatic heterocycles. The maximum absolute atomic E-state index is 5.14. The van der Waals surface area contributed by atoms with E-state index in [1.807, 2.05) is 0 Å². The molecule has 1 heterocycles. The second-order valence-corrected chi connectivity index (χ2v) is 3.88. The smallest absolute Gasteiger partial charge is 0.0534 e. The molecule has 3 heteroatoms. The van der Waals surface area contributed by atoms with Crippen molar-refractivity contribution in [2.45, 2.75) is 12.1 Å². The van der Waals surface area contributed by atoms with Gasteiger partial charge in [0.1, 0.15) is 0 Å². The van der Waals surface area contributed by atoms with E-state index in [2.05, 4.69) is 8.93 Å². The highest BCUT2D eigenvalue weighted by molar-refractivity contribution is 8.03. The van der Waals surface area contributed by atoms with Crippen LogP contribution in [0.3, 0.4) is 0 Å². The summed E-state index contributed by atoms with van der Waals surface area (Å²) in [6, 6.07) is 0. The van der Waals surface area contributed by atoms with Crippen molar-refractivity contribution in [1.29, 1.82) is 0 Å². The second-order valence-electron chi connectivity index (χ2n) is 1.73. The van der Waals surface area contributed by atoms with Gasteiger partial charge in [0.25, 0.3) is 0 Å². The second kappa shape index (κ2) is 2.97. The summed E-state index contributed by atoms with van der Waals surface area (Å²) in [5.74, 6) is 0. The largest absolute Gasteiger partial charge is 0.381 e. The number of hydrogen-bond acceptors (Lipinski definition) is 1. The maximum Gasteiger partial charge on any atom is 0.0534 e. The summed E-state index contributed by atoms with van der Waals surface area (Å²) in [7, 11) is 3.77. The van der Waals surface area contributed by atoms with E-state index in [0.29, 0.717) is 0 Å². The Balaban J connectivity index is 2.14. The Bertz CT molecular complexity index is 51.7. The van der Waals surface area contributed by atoms with Crippen LogP contribution in [0, 0.1) is 0 Å². The molecule has 42 valence electrons. The summed E-state index contributed by atoms with van der Waals surface area (Å²) in [6.07, 6.45) is 1.28. The molecule has 0 radical (unpaired) electrons. The molecular weight excluding hydrogens is 126 g/mol. The zero-order chi connectivity index (χ0) is 5.11. The Morgan fingerprint density at radius 3 is 2.86 bits per heavy atom. The minimum absolute atomic E-state index is 0.866. The first-order chi connectivity index (χ1) is 3.43. The molecule has 0 N–H and O–H groups in total. The van der Waals surface area contributed by atoms with Gasteiger partial charge in [-0.25, -0.2) is 0 Å². The van der Waals surface area contributed by atoms with Crippen LogP contribution in [0.4, 0.5) is 0 Å². The SMILES string of the molecule is PPC1CCOC1.